The fourth-order valence-electron chi connectivity index (χ4n) is 2.67. The van der Waals surface area contributed by atoms with Crippen molar-refractivity contribution in [3.8, 4) is 17.1 Å². The number of H-pyrrole nitrogens is 1. The molecule has 0 bridgehead atoms. The number of rotatable bonds is 8. The second-order valence-corrected chi connectivity index (χ2v) is 6.46. The molecule has 10 heteroatoms. The van der Waals surface area contributed by atoms with Crippen molar-refractivity contribution in [3.63, 3.8) is 0 Å². The van der Waals surface area contributed by atoms with Crippen LogP contribution >= 0.6 is 11.6 Å². The lowest BCUT2D eigenvalue weighted by molar-refractivity contribution is 0.0945. The molecule has 1 amide bonds. The average molecular weight is 416 g/mol. The molecule has 0 radical (unpaired) electrons. The highest BCUT2D eigenvalue weighted by Gasteiger charge is 2.17. The summed E-state index contributed by atoms with van der Waals surface area (Å²) in [5.74, 6) is 1.85. The van der Waals surface area contributed by atoms with Crippen molar-refractivity contribution in [2.75, 3.05) is 25.1 Å². The maximum atomic E-state index is 12.6. The third kappa shape index (κ3) is 4.80. The lowest BCUT2D eigenvalue weighted by atomic mass is 10.2. The first-order valence-electron chi connectivity index (χ1n) is 9.17. The predicted octanol–water partition coefficient (Wildman–Crippen LogP) is 2.70. The summed E-state index contributed by atoms with van der Waals surface area (Å²) < 4.78 is 5.14. The van der Waals surface area contributed by atoms with Gasteiger partial charge in [-0.3, -0.25) is 9.89 Å². The Bertz CT molecular complexity index is 971. The Morgan fingerprint density at radius 1 is 1.21 bits per heavy atom. The van der Waals surface area contributed by atoms with Gasteiger partial charge >= 0.3 is 0 Å². The molecule has 3 rings (SSSR count). The maximum absolute atomic E-state index is 12.6. The van der Waals surface area contributed by atoms with Gasteiger partial charge in [0.1, 0.15) is 11.6 Å². The molecule has 0 unspecified atom stereocenters. The van der Waals surface area contributed by atoms with Crippen LogP contribution in [0.15, 0.2) is 30.5 Å². The number of nitrogens with zero attached hydrogens (tertiary/aromatic N) is 5. The Balaban J connectivity index is 1.68. The molecular weight excluding hydrogens is 394 g/mol. The zero-order valence-electron chi connectivity index (χ0n) is 16.4. The number of halogens is 1. The van der Waals surface area contributed by atoms with Gasteiger partial charge in [-0.2, -0.15) is 5.10 Å². The summed E-state index contributed by atoms with van der Waals surface area (Å²) in [7, 11) is 1.61. The number of carbonyl (C=O) groups excluding carboxylic acids is 1. The number of carbonyl (C=O) groups is 1. The van der Waals surface area contributed by atoms with Crippen LogP contribution in [-0.2, 0) is 6.54 Å². The van der Waals surface area contributed by atoms with Crippen LogP contribution in [0.4, 0.5) is 5.95 Å². The van der Waals surface area contributed by atoms with Gasteiger partial charge in [-0.1, -0.05) is 11.6 Å². The number of anilines is 1. The number of aromatic nitrogens is 5. The van der Waals surface area contributed by atoms with Crippen LogP contribution in [0.2, 0.25) is 5.02 Å². The standard InChI is InChI=1S/C19H22ClN7O2/c1-4-27(5-2)19-22-10-14(20)16(24-19)18(28)21-11-15-23-17(26-25-15)12-6-8-13(29-3)9-7-12/h6-10H,4-5,11H2,1-3H3,(H,21,28)(H,23,25,26). The molecule has 0 aliphatic rings. The fraction of sp³-hybridized carbons (Fsp3) is 0.316. The van der Waals surface area contributed by atoms with Crippen LogP contribution in [-0.4, -0.2) is 51.3 Å². The number of amides is 1. The van der Waals surface area contributed by atoms with E-state index in [-0.39, 0.29) is 17.3 Å². The smallest absolute Gasteiger partial charge is 0.272 e. The minimum atomic E-state index is -0.409. The molecule has 0 saturated carbocycles. The van der Waals surface area contributed by atoms with Crippen LogP contribution in [0.3, 0.4) is 0 Å². The minimum absolute atomic E-state index is 0.124. The van der Waals surface area contributed by atoms with Gasteiger partial charge in [-0.05, 0) is 38.1 Å². The van der Waals surface area contributed by atoms with Gasteiger partial charge in [-0.15, -0.1) is 0 Å². The zero-order chi connectivity index (χ0) is 20.8. The third-order valence-electron chi connectivity index (χ3n) is 4.29. The molecule has 0 aliphatic carbocycles. The second-order valence-electron chi connectivity index (χ2n) is 6.06. The Morgan fingerprint density at radius 3 is 2.59 bits per heavy atom. The number of methoxy groups -OCH3 is 1. The van der Waals surface area contributed by atoms with E-state index in [9.17, 15) is 4.79 Å². The van der Waals surface area contributed by atoms with E-state index in [4.69, 9.17) is 16.3 Å². The van der Waals surface area contributed by atoms with Crippen LogP contribution in [0.1, 0.15) is 30.2 Å². The molecule has 1 aromatic carbocycles. The summed E-state index contributed by atoms with van der Waals surface area (Å²) in [4.78, 5) is 27.4. The van der Waals surface area contributed by atoms with Gasteiger partial charge < -0.3 is 15.0 Å². The van der Waals surface area contributed by atoms with Crippen molar-refractivity contribution in [1.82, 2.24) is 30.5 Å². The Morgan fingerprint density at radius 2 is 1.93 bits per heavy atom. The number of benzene rings is 1. The highest BCUT2D eigenvalue weighted by Crippen LogP contribution is 2.19. The molecule has 2 aromatic heterocycles. The molecule has 0 aliphatic heterocycles. The highest BCUT2D eigenvalue weighted by molar-refractivity contribution is 6.33. The molecule has 2 N–H and O–H groups in total. The Hall–Kier alpha value is -3.20. The van der Waals surface area contributed by atoms with Gasteiger partial charge in [0.05, 0.1) is 24.9 Å². The number of aromatic amines is 1. The van der Waals surface area contributed by atoms with E-state index in [0.29, 0.717) is 17.6 Å². The third-order valence-corrected chi connectivity index (χ3v) is 4.57. The van der Waals surface area contributed by atoms with Crippen molar-refractivity contribution in [2.45, 2.75) is 20.4 Å². The van der Waals surface area contributed by atoms with E-state index in [0.717, 1.165) is 24.4 Å². The quantitative estimate of drug-likeness (QED) is 0.582. The highest BCUT2D eigenvalue weighted by atomic mass is 35.5. The topological polar surface area (TPSA) is 109 Å². The predicted molar refractivity (Wildman–Crippen MR) is 110 cm³/mol. The van der Waals surface area contributed by atoms with Gasteiger partial charge in [0.15, 0.2) is 11.5 Å². The van der Waals surface area contributed by atoms with E-state index < -0.39 is 5.91 Å². The van der Waals surface area contributed by atoms with Crippen molar-refractivity contribution in [2.24, 2.45) is 0 Å². The van der Waals surface area contributed by atoms with Crippen LogP contribution in [0, 0.1) is 0 Å². The monoisotopic (exact) mass is 415 g/mol. The molecule has 0 fully saturated rings. The van der Waals surface area contributed by atoms with Crippen molar-refractivity contribution < 1.29 is 9.53 Å². The fourth-order valence-corrected chi connectivity index (χ4v) is 2.84. The SMILES string of the molecule is CCN(CC)c1ncc(Cl)c(C(=O)NCc2nc(-c3ccc(OC)cc3)n[nH]2)n1. The lowest BCUT2D eigenvalue weighted by Gasteiger charge is -2.18. The molecular formula is C19H22ClN7O2. The molecule has 0 saturated heterocycles. The number of hydrogen-bond acceptors (Lipinski definition) is 7. The first-order chi connectivity index (χ1) is 14.0. The van der Waals surface area contributed by atoms with E-state index in [1.54, 1.807) is 7.11 Å². The summed E-state index contributed by atoms with van der Waals surface area (Å²) in [5, 5.41) is 9.95. The summed E-state index contributed by atoms with van der Waals surface area (Å²) >= 11 is 6.12. The maximum Gasteiger partial charge on any atom is 0.272 e. The van der Waals surface area contributed by atoms with Gasteiger partial charge in [-0.25, -0.2) is 15.0 Å². The molecule has 9 nitrogen and oxygen atoms in total. The molecule has 0 spiro atoms. The van der Waals surface area contributed by atoms with Crippen molar-refractivity contribution in [1.29, 1.82) is 0 Å². The van der Waals surface area contributed by atoms with Gasteiger partial charge in [0.25, 0.3) is 5.91 Å². The minimum Gasteiger partial charge on any atom is -0.497 e. The molecule has 0 atom stereocenters. The Labute approximate surface area is 173 Å². The zero-order valence-corrected chi connectivity index (χ0v) is 17.2. The van der Waals surface area contributed by atoms with Crippen molar-refractivity contribution in [3.05, 3.63) is 47.0 Å². The largest absolute Gasteiger partial charge is 0.497 e. The van der Waals surface area contributed by atoms with E-state index in [1.807, 2.05) is 43.0 Å². The Kier molecular flexibility index (Phi) is 6.61. The molecule has 3 aromatic rings. The van der Waals surface area contributed by atoms with Crippen LogP contribution in [0.25, 0.3) is 11.4 Å². The van der Waals surface area contributed by atoms with Gasteiger partial charge in [0.2, 0.25) is 5.95 Å². The number of nitrogens with one attached hydrogen (secondary N) is 2. The van der Waals surface area contributed by atoms with Gasteiger partial charge in [0, 0.05) is 18.7 Å². The van der Waals surface area contributed by atoms with E-state index in [1.165, 1.54) is 6.20 Å². The average Bonchev–Trinajstić information content (AvgIpc) is 3.23. The number of hydrogen-bond donors (Lipinski definition) is 2. The second kappa shape index (κ2) is 9.33. The molecule has 29 heavy (non-hydrogen) atoms. The van der Waals surface area contributed by atoms with Crippen molar-refractivity contribution >= 4 is 23.5 Å². The number of ether oxygens (including phenoxy) is 1. The van der Waals surface area contributed by atoms with Crippen LogP contribution in [0.5, 0.6) is 5.75 Å². The summed E-state index contributed by atoms with van der Waals surface area (Å²) in [5.41, 5.74) is 0.959. The summed E-state index contributed by atoms with van der Waals surface area (Å²) in [6, 6.07) is 7.38. The van der Waals surface area contributed by atoms with Crippen LogP contribution < -0.4 is 15.0 Å². The normalized spacial score (nSPS) is 10.6. The summed E-state index contributed by atoms with van der Waals surface area (Å²) in [6.45, 7) is 5.59. The first-order valence-corrected chi connectivity index (χ1v) is 9.54. The van der Waals surface area contributed by atoms with E-state index >= 15 is 0 Å². The lowest BCUT2D eigenvalue weighted by Crippen LogP contribution is -2.28. The first kappa shape index (κ1) is 20.5. The molecule has 152 valence electrons. The summed E-state index contributed by atoms with van der Waals surface area (Å²) in [6.07, 6.45) is 1.44. The molecule has 2 heterocycles. The van der Waals surface area contributed by atoms with E-state index in [2.05, 4.69) is 30.5 Å².